The largest absolute Gasteiger partial charge is 0.478 e. The minimum Gasteiger partial charge on any atom is -0.478 e. The van der Waals surface area contributed by atoms with Crippen LogP contribution in [0.1, 0.15) is 28.8 Å². The average molecular weight is 248 g/mol. The van der Waals surface area contributed by atoms with Crippen LogP contribution in [-0.2, 0) is 0 Å². The van der Waals surface area contributed by atoms with Crippen LogP contribution in [0.4, 0.5) is 10.5 Å². The van der Waals surface area contributed by atoms with E-state index in [1.165, 1.54) is 6.07 Å². The first-order chi connectivity index (χ1) is 8.49. The van der Waals surface area contributed by atoms with Crippen LogP contribution in [0.15, 0.2) is 18.2 Å². The number of hydrogen-bond donors (Lipinski definition) is 2. The number of nitrogens with one attached hydrogen (secondary N) is 1. The molecular weight excluding hydrogens is 232 g/mol. The van der Waals surface area contributed by atoms with Crippen LogP contribution in [0.5, 0.6) is 0 Å². The van der Waals surface area contributed by atoms with E-state index in [1.807, 2.05) is 0 Å². The monoisotopic (exact) mass is 248 g/mol. The maximum atomic E-state index is 11.8. The van der Waals surface area contributed by atoms with Crippen molar-refractivity contribution in [2.24, 2.45) is 0 Å². The van der Waals surface area contributed by atoms with E-state index in [9.17, 15) is 9.59 Å². The summed E-state index contributed by atoms with van der Waals surface area (Å²) in [5.74, 6) is -0.958. The van der Waals surface area contributed by atoms with Gasteiger partial charge in [0.1, 0.15) is 0 Å². The van der Waals surface area contributed by atoms with Crippen LogP contribution in [0.25, 0.3) is 0 Å². The highest BCUT2D eigenvalue weighted by Gasteiger charge is 2.29. The Bertz CT molecular complexity index is 495. The Morgan fingerprint density at radius 2 is 2.06 bits per heavy atom. The fourth-order valence-electron chi connectivity index (χ4n) is 1.82. The average Bonchev–Trinajstić information content (AvgIpc) is 3.11. The third-order valence-electron chi connectivity index (χ3n) is 3.12. The van der Waals surface area contributed by atoms with Crippen LogP contribution >= 0.6 is 0 Å². The minimum atomic E-state index is -0.958. The molecule has 0 spiro atoms. The lowest BCUT2D eigenvalue weighted by atomic mass is 10.1. The Morgan fingerprint density at radius 1 is 1.39 bits per heavy atom. The molecule has 0 aromatic heterocycles. The van der Waals surface area contributed by atoms with Gasteiger partial charge in [0, 0.05) is 18.8 Å². The molecule has 1 saturated carbocycles. The topological polar surface area (TPSA) is 69.6 Å². The van der Waals surface area contributed by atoms with Crippen LogP contribution in [0.2, 0.25) is 0 Å². The number of carbonyl (C=O) groups is 2. The summed E-state index contributed by atoms with van der Waals surface area (Å²) in [6.07, 6.45) is 2.11. The van der Waals surface area contributed by atoms with Gasteiger partial charge in [-0.05, 0) is 43.5 Å². The second-order valence-corrected chi connectivity index (χ2v) is 4.61. The van der Waals surface area contributed by atoms with Gasteiger partial charge < -0.3 is 15.3 Å². The van der Waals surface area contributed by atoms with Gasteiger partial charge in [0.25, 0.3) is 0 Å². The second-order valence-electron chi connectivity index (χ2n) is 4.61. The van der Waals surface area contributed by atoms with Gasteiger partial charge in [0.15, 0.2) is 0 Å². The molecule has 96 valence electrons. The number of aromatic carboxylic acids is 1. The zero-order valence-electron chi connectivity index (χ0n) is 10.4. The number of carboxylic acid groups (broad SMARTS) is 1. The predicted molar refractivity (Wildman–Crippen MR) is 67.9 cm³/mol. The number of rotatable bonds is 3. The molecule has 0 heterocycles. The number of nitrogens with zero attached hydrogens (tertiary/aromatic N) is 1. The predicted octanol–water partition coefficient (Wildman–Crippen LogP) is 2.32. The van der Waals surface area contributed by atoms with Crippen LogP contribution in [0.3, 0.4) is 0 Å². The van der Waals surface area contributed by atoms with Gasteiger partial charge in [-0.2, -0.15) is 0 Å². The number of hydrogen-bond acceptors (Lipinski definition) is 2. The molecule has 0 saturated heterocycles. The van der Waals surface area contributed by atoms with Crippen LogP contribution < -0.4 is 5.32 Å². The summed E-state index contributed by atoms with van der Waals surface area (Å²) >= 11 is 0. The number of benzene rings is 1. The molecule has 0 radical (unpaired) electrons. The van der Waals surface area contributed by atoms with Crippen molar-refractivity contribution in [3.05, 3.63) is 29.3 Å². The lowest BCUT2D eigenvalue weighted by Crippen LogP contribution is -2.33. The van der Waals surface area contributed by atoms with E-state index in [-0.39, 0.29) is 11.6 Å². The lowest BCUT2D eigenvalue weighted by molar-refractivity contribution is 0.0696. The van der Waals surface area contributed by atoms with Gasteiger partial charge in [0.2, 0.25) is 0 Å². The number of amides is 2. The highest BCUT2D eigenvalue weighted by Crippen LogP contribution is 2.26. The van der Waals surface area contributed by atoms with Crippen molar-refractivity contribution in [3.8, 4) is 0 Å². The maximum Gasteiger partial charge on any atom is 0.335 e. The zero-order valence-corrected chi connectivity index (χ0v) is 10.4. The number of anilines is 1. The van der Waals surface area contributed by atoms with Crippen molar-refractivity contribution < 1.29 is 14.7 Å². The summed E-state index contributed by atoms with van der Waals surface area (Å²) in [7, 11) is 1.77. The second kappa shape index (κ2) is 4.68. The van der Waals surface area contributed by atoms with Crippen molar-refractivity contribution in [3.63, 3.8) is 0 Å². The summed E-state index contributed by atoms with van der Waals surface area (Å²) in [5, 5.41) is 11.7. The van der Waals surface area contributed by atoms with Crippen LogP contribution in [0, 0.1) is 6.92 Å². The summed E-state index contributed by atoms with van der Waals surface area (Å²) in [6.45, 7) is 1.71. The first-order valence-electron chi connectivity index (χ1n) is 5.87. The quantitative estimate of drug-likeness (QED) is 0.862. The molecule has 0 unspecified atom stereocenters. The fourth-order valence-corrected chi connectivity index (χ4v) is 1.82. The number of aryl methyl sites for hydroxylation is 1. The van der Waals surface area contributed by atoms with Gasteiger partial charge in [-0.1, -0.05) is 0 Å². The Labute approximate surface area is 105 Å². The van der Waals surface area contributed by atoms with E-state index in [2.05, 4.69) is 5.32 Å². The van der Waals surface area contributed by atoms with E-state index < -0.39 is 5.97 Å². The van der Waals surface area contributed by atoms with Gasteiger partial charge in [-0.15, -0.1) is 0 Å². The third-order valence-corrected chi connectivity index (χ3v) is 3.12. The molecule has 2 rings (SSSR count). The summed E-state index contributed by atoms with van der Waals surface area (Å²) in [4.78, 5) is 24.4. The molecule has 5 nitrogen and oxygen atoms in total. The molecule has 1 aromatic rings. The third kappa shape index (κ3) is 2.61. The van der Waals surface area contributed by atoms with Gasteiger partial charge >= 0.3 is 12.0 Å². The first kappa shape index (κ1) is 12.4. The van der Waals surface area contributed by atoms with Crippen LogP contribution in [-0.4, -0.2) is 35.1 Å². The SMILES string of the molecule is Cc1cc(NC(=O)N(C)C2CC2)ccc1C(=O)O. The Balaban J connectivity index is 2.07. The lowest BCUT2D eigenvalue weighted by Gasteiger charge is -2.17. The van der Waals surface area contributed by atoms with Gasteiger partial charge in [-0.3, -0.25) is 0 Å². The Kier molecular flexibility index (Phi) is 3.23. The van der Waals surface area contributed by atoms with E-state index >= 15 is 0 Å². The van der Waals surface area contributed by atoms with Crippen molar-refractivity contribution in [2.45, 2.75) is 25.8 Å². The normalized spacial score (nSPS) is 14.1. The molecule has 1 aromatic carbocycles. The van der Waals surface area contributed by atoms with Crippen molar-refractivity contribution in [1.29, 1.82) is 0 Å². The molecule has 2 amide bonds. The summed E-state index contributed by atoms with van der Waals surface area (Å²) < 4.78 is 0. The number of carbonyl (C=O) groups excluding carboxylic acids is 1. The standard InChI is InChI=1S/C13H16N2O3/c1-8-7-9(3-6-11(8)12(16)17)14-13(18)15(2)10-4-5-10/h3,6-7,10H,4-5H2,1-2H3,(H,14,18)(H,16,17). The molecule has 1 aliphatic rings. The minimum absolute atomic E-state index is 0.153. The van der Waals surface area contributed by atoms with E-state index in [0.29, 0.717) is 17.3 Å². The van der Waals surface area contributed by atoms with E-state index in [1.54, 1.807) is 31.0 Å². The van der Waals surface area contributed by atoms with Crippen molar-refractivity contribution in [2.75, 3.05) is 12.4 Å². The summed E-state index contributed by atoms with van der Waals surface area (Å²) in [5.41, 5.74) is 1.51. The zero-order chi connectivity index (χ0) is 13.3. The smallest absolute Gasteiger partial charge is 0.335 e. The molecule has 1 fully saturated rings. The number of urea groups is 1. The van der Waals surface area contributed by atoms with Gasteiger partial charge in [0.05, 0.1) is 5.56 Å². The van der Waals surface area contributed by atoms with Crippen molar-refractivity contribution >= 4 is 17.7 Å². The molecule has 2 N–H and O–H groups in total. The maximum absolute atomic E-state index is 11.8. The molecule has 18 heavy (non-hydrogen) atoms. The van der Waals surface area contributed by atoms with Crippen molar-refractivity contribution in [1.82, 2.24) is 4.90 Å². The highest BCUT2D eigenvalue weighted by atomic mass is 16.4. The molecule has 5 heteroatoms. The Hall–Kier alpha value is -2.04. The summed E-state index contributed by atoms with van der Waals surface area (Å²) in [6, 6.07) is 4.98. The highest BCUT2D eigenvalue weighted by molar-refractivity contribution is 5.92. The van der Waals surface area contributed by atoms with Gasteiger partial charge in [-0.25, -0.2) is 9.59 Å². The molecular formula is C13H16N2O3. The fraction of sp³-hybridized carbons (Fsp3) is 0.385. The Morgan fingerprint density at radius 3 is 2.56 bits per heavy atom. The first-order valence-corrected chi connectivity index (χ1v) is 5.87. The molecule has 1 aliphatic carbocycles. The molecule has 0 bridgehead atoms. The molecule has 0 atom stereocenters. The van der Waals surface area contributed by atoms with E-state index in [0.717, 1.165) is 12.8 Å². The van der Waals surface area contributed by atoms with E-state index in [4.69, 9.17) is 5.11 Å². The molecule has 0 aliphatic heterocycles. The number of carboxylic acids is 1.